The summed E-state index contributed by atoms with van der Waals surface area (Å²) in [4.78, 5) is 11.4. The van der Waals surface area contributed by atoms with E-state index in [2.05, 4.69) is 4.74 Å². The number of hydrogen-bond acceptors (Lipinski definition) is 3. The number of benzene rings is 1. The van der Waals surface area contributed by atoms with Gasteiger partial charge in [-0.15, -0.1) is 0 Å². The standard InChI is InChI=1S/C14H20O3S/c1-10-6-5-7-13(8-10)9-18(16)12(3)11(2)14(15)17-4/h5-8,11-12H,9H2,1-4H3. The summed E-state index contributed by atoms with van der Waals surface area (Å²) >= 11 is 0. The van der Waals surface area contributed by atoms with E-state index in [1.807, 2.05) is 38.1 Å². The van der Waals surface area contributed by atoms with Crippen molar-refractivity contribution < 1.29 is 13.7 Å². The van der Waals surface area contributed by atoms with Gasteiger partial charge in [-0.1, -0.05) is 36.8 Å². The van der Waals surface area contributed by atoms with Crippen molar-refractivity contribution >= 4 is 16.8 Å². The quantitative estimate of drug-likeness (QED) is 0.770. The van der Waals surface area contributed by atoms with Crippen molar-refractivity contribution in [1.29, 1.82) is 0 Å². The summed E-state index contributed by atoms with van der Waals surface area (Å²) in [6.07, 6.45) is 0. The zero-order valence-electron chi connectivity index (χ0n) is 11.3. The first-order valence-corrected chi connectivity index (χ1v) is 7.34. The molecule has 4 heteroatoms. The molecule has 18 heavy (non-hydrogen) atoms. The monoisotopic (exact) mass is 268 g/mol. The lowest BCUT2D eigenvalue weighted by molar-refractivity contribution is -0.144. The van der Waals surface area contributed by atoms with Crippen molar-refractivity contribution in [3.63, 3.8) is 0 Å². The average Bonchev–Trinajstić information content (AvgIpc) is 2.36. The van der Waals surface area contributed by atoms with Crippen molar-refractivity contribution in [3.05, 3.63) is 35.4 Å². The van der Waals surface area contributed by atoms with Crippen LogP contribution in [0.1, 0.15) is 25.0 Å². The van der Waals surface area contributed by atoms with Crippen LogP contribution < -0.4 is 0 Å². The highest BCUT2D eigenvalue weighted by atomic mass is 32.2. The summed E-state index contributed by atoms with van der Waals surface area (Å²) < 4.78 is 16.9. The lowest BCUT2D eigenvalue weighted by atomic mass is 10.1. The summed E-state index contributed by atoms with van der Waals surface area (Å²) in [6.45, 7) is 5.59. The molecular weight excluding hydrogens is 248 g/mol. The number of hydrogen-bond donors (Lipinski definition) is 0. The molecule has 0 spiro atoms. The smallest absolute Gasteiger partial charge is 0.309 e. The maximum atomic E-state index is 12.2. The number of aryl methyl sites for hydroxylation is 1. The van der Waals surface area contributed by atoms with Crippen LogP contribution in [-0.2, 0) is 26.1 Å². The molecule has 0 bridgehead atoms. The molecule has 0 amide bonds. The van der Waals surface area contributed by atoms with Crippen LogP contribution in [0.4, 0.5) is 0 Å². The average molecular weight is 268 g/mol. The van der Waals surface area contributed by atoms with E-state index in [0.29, 0.717) is 5.75 Å². The van der Waals surface area contributed by atoms with Crippen molar-refractivity contribution in [2.75, 3.05) is 7.11 Å². The molecule has 0 radical (unpaired) electrons. The first kappa shape index (κ1) is 14.9. The molecule has 0 N–H and O–H groups in total. The van der Waals surface area contributed by atoms with E-state index < -0.39 is 10.8 Å². The molecule has 1 aromatic rings. The third-order valence-electron chi connectivity index (χ3n) is 3.08. The molecule has 3 unspecified atom stereocenters. The highest BCUT2D eigenvalue weighted by Gasteiger charge is 2.25. The second kappa shape index (κ2) is 6.69. The Kier molecular flexibility index (Phi) is 5.54. The molecule has 0 aliphatic rings. The molecular formula is C14H20O3S. The van der Waals surface area contributed by atoms with Crippen LogP contribution in [0.2, 0.25) is 0 Å². The number of esters is 1. The molecule has 3 atom stereocenters. The second-order valence-corrected chi connectivity index (χ2v) is 6.32. The SMILES string of the molecule is COC(=O)C(C)C(C)S(=O)Cc1cccc(C)c1. The first-order valence-electron chi connectivity index (χ1n) is 5.96. The van der Waals surface area contributed by atoms with Crippen LogP contribution >= 0.6 is 0 Å². The minimum absolute atomic E-state index is 0.210. The van der Waals surface area contributed by atoms with Crippen molar-refractivity contribution in [2.24, 2.45) is 5.92 Å². The van der Waals surface area contributed by atoms with Crippen LogP contribution in [0.3, 0.4) is 0 Å². The second-order valence-electron chi connectivity index (χ2n) is 4.53. The van der Waals surface area contributed by atoms with Gasteiger partial charge < -0.3 is 4.74 Å². The zero-order chi connectivity index (χ0) is 13.7. The number of rotatable bonds is 5. The van der Waals surface area contributed by atoms with E-state index in [4.69, 9.17) is 0 Å². The molecule has 1 rings (SSSR count). The highest BCUT2D eigenvalue weighted by molar-refractivity contribution is 7.84. The fourth-order valence-corrected chi connectivity index (χ4v) is 3.04. The van der Waals surface area contributed by atoms with Crippen LogP contribution in [-0.4, -0.2) is 22.5 Å². The number of ether oxygens (including phenoxy) is 1. The Hall–Kier alpha value is -1.16. The molecule has 0 aliphatic carbocycles. The van der Waals surface area contributed by atoms with Crippen molar-refractivity contribution in [1.82, 2.24) is 0 Å². The van der Waals surface area contributed by atoms with E-state index in [1.54, 1.807) is 6.92 Å². The largest absolute Gasteiger partial charge is 0.469 e. The maximum Gasteiger partial charge on any atom is 0.309 e. The minimum atomic E-state index is -1.08. The lowest BCUT2D eigenvalue weighted by Crippen LogP contribution is -2.28. The Morgan fingerprint density at radius 2 is 2.06 bits per heavy atom. The molecule has 3 nitrogen and oxygen atoms in total. The van der Waals surface area contributed by atoms with E-state index in [0.717, 1.165) is 11.1 Å². The number of carbonyl (C=O) groups excluding carboxylic acids is 1. The fraction of sp³-hybridized carbons (Fsp3) is 0.500. The van der Waals surface area contributed by atoms with E-state index >= 15 is 0 Å². The van der Waals surface area contributed by atoms with Crippen LogP contribution in [0, 0.1) is 12.8 Å². The topological polar surface area (TPSA) is 43.4 Å². The van der Waals surface area contributed by atoms with Crippen LogP contribution in [0.25, 0.3) is 0 Å². The summed E-state index contributed by atoms with van der Waals surface area (Å²) in [5.41, 5.74) is 2.19. The molecule has 0 saturated carbocycles. The van der Waals surface area contributed by atoms with Gasteiger partial charge in [0.05, 0.1) is 13.0 Å². The lowest BCUT2D eigenvalue weighted by Gasteiger charge is -2.17. The summed E-state index contributed by atoms with van der Waals surface area (Å²) in [5.74, 6) is -0.176. The van der Waals surface area contributed by atoms with Crippen molar-refractivity contribution in [3.8, 4) is 0 Å². The Balaban J connectivity index is 2.68. The van der Waals surface area contributed by atoms with Crippen LogP contribution in [0.5, 0.6) is 0 Å². The molecule has 1 aromatic carbocycles. The van der Waals surface area contributed by atoms with Gasteiger partial charge >= 0.3 is 5.97 Å². The van der Waals surface area contributed by atoms with Gasteiger partial charge in [0.15, 0.2) is 0 Å². The van der Waals surface area contributed by atoms with Gasteiger partial charge in [-0.2, -0.15) is 0 Å². The van der Waals surface area contributed by atoms with Crippen LogP contribution in [0.15, 0.2) is 24.3 Å². The molecule has 0 fully saturated rings. The highest BCUT2D eigenvalue weighted by Crippen LogP contribution is 2.16. The minimum Gasteiger partial charge on any atom is -0.469 e. The maximum absolute atomic E-state index is 12.2. The Morgan fingerprint density at radius 3 is 2.61 bits per heavy atom. The molecule has 0 aliphatic heterocycles. The third-order valence-corrected chi connectivity index (χ3v) is 4.94. The number of carbonyl (C=O) groups is 1. The molecule has 0 saturated heterocycles. The summed E-state index contributed by atoms with van der Waals surface area (Å²) in [6, 6.07) is 7.94. The van der Waals surface area contributed by atoms with Crippen molar-refractivity contribution in [2.45, 2.75) is 31.8 Å². The predicted octanol–water partition coefficient (Wildman–Crippen LogP) is 2.44. The van der Waals surface area contributed by atoms with Gasteiger partial charge in [-0.3, -0.25) is 9.00 Å². The number of methoxy groups -OCH3 is 1. The molecule has 0 heterocycles. The van der Waals surface area contributed by atoms with E-state index in [1.165, 1.54) is 7.11 Å². The Bertz CT molecular complexity index is 442. The predicted molar refractivity (Wildman–Crippen MR) is 73.7 cm³/mol. The summed E-state index contributed by atoms with van der Waals surface area (Å²) in [7, 11) is 0.279. The van der Waals surface area contributed by atoms with Gasteiger partial charge in [-0.25, -0.2) is 0 Å². The Labute approximate surface area is 111 Å². The van der Waals surface area contributed by atoms with Gasteiger partial charge in [-0.05, 0) is 19.4 Å². The first-order chi connectivity index (χ1) is 8.45. The third kappa shape index (κ3) is 3.95. The van der Waals surface area contributed by atoms with Gasteiger partial charge in [0.2, 0.25) is 0 Å². The van der Waals surface area contributed by atoms with E-state index in [-0.39, 0.29) is 17.1 Å². The van der Waals surface area contributed by atoms with Gasteiger partial charge in [0.25, 0.3) is 0 Å². The zero-order valence-corrected chi connectivity index (χ0v) is 12.1. The summed E-state index contributed by atoms with van der Waals surface area (Å²) in [5, 5.41) is -0.210. The Morgan fingerprint density at radius 1 is 1.39 bits per heavy atom. The fourth-order valence-electron chi connectivity index (χ4n) is 1.70. The molecule has 100 valence electrons. The molecule has 0 aromatic heterocycles. The van der Waals surface area contributed by atoms with E-state index in [9.17, 15) is 9.00 Å². The normalized spacial score (nSPS) is 15.8. The van der Waals surface area contributed by atoms with Gasteiger partial charge in [0, 0.05) is 21.8 Å². The van der Waals surface area contributed by atoms with Gasteiger partial charge in [0.1, 0.15) is 0 Å².